The number of halogens is 1. The molecule has 0 saturated carbocycles. The Balaban J connectivity index is 1.87. The average molecular weight is 399 g/mol. The van der Waals surface area contributed by atoms with Crippen molar-refractivity contribution >= 4 is 29.1 Å². The molecule has 9 heteroatoms. The van der Waals surface area contributed by atoms with Gasteiger partial charge in [-0.25, -0.2) is 0 Å². The summed E-state index contributed by atoms with van der Waals surface area (Å²) in [5.41, 5.74) is 0.503. The van der Waals surface area contributed by atoms with Crippen LogP contribution < -0.4 is 14.8 Å². The predicted octanol–water partition coefficient (Wildman–Crippen LogP) is 1.00. The predicted molar refractivity (Wildman–Crippen MR) is 105 cm³/mol. The summed E-state index contributed by atoms with van der Waals surface area (Å²) in [6.07, 6.45) is 0. The molecule has 1 aromatic carbocycles. The number of ether oxygens (including phenoxy) is 2. The smallest absolute Gasteiger partial charge is 0.238 e. The Hall–Kier alpha value is -2.03. The Morgan fingerprint density at radius 3 is 2.11 bits per heavy atom. The molecule has 1 aromatic rings. The molecule has 0 aliphatic carbocycles. The normalized spacial score (nSPS) is 15.3. The van der Waals surface area contributed by atoms with Crippen LogP contribution in [-0.4, -0.2) is 94.1 Å². The molecule has 2 amide bonds. The second-order valence-electron chi connectivity index (χ2n) is 6.58. The van der Waals surface area contributed by atoms with Gasteiger partial charge in [0.15, 0.2) is 0 Å². The van der Waals surface area contributed by atoms with Gasteiger partial charge in [-0.1, -0.05) is 11.6 Å². The van der Waals surface area contributed by atoms with E-state index < -0.39 is 0 Å². The van der Waals surface area contributed by atoms with Crippen LogP contribution in [0, 0.1) is 0 Å². The molecule has 0 aromatic heterocycles. The van der Waals surface area contributed by atoms with Crippen LogP contribution in [0.1, 0.15) is 0 Å². The first-order valence-electron chi connectivity index (χ1n) is 8.70. The molecule has 0 radical (unpaired) electrons. The number of methoxy groups -OCH3 is 2. The quantitative estimate of drug-likeness (QED) is 0.738. The number of amides is 2. The first kappa shape index (κ1) is 21.3. The van der Waals surface area contributed by atoms with Gasteiger partial charge in [-0.05, 0) is 6.07 Å². The van der Waals surface area contributed by atoms with E-state index in [2.05, 4.69) is 15.1 Å². The number of anilines is 1. The highest BCUT2D eigenvalue weighted by Gasteiger charge is 2.21. The molecule has 0 unspecified atom stereocenters. The fraction of sp³-hybridized carbons (Fsp3) is 0.556. The highest BCUT2D eigenvalue weighted by Crippen LogP contribution is 2.35. The topological polar surface area (TPSA) is 74.4 Å². The van der Waals surface area contributed by atoms with E-state index >= 15 is 0 Å². The van der Waals surface area contributed by atoms with Crippen LogP contribution in [0.15, 0.2) is 12.1 Å². The van der Waals surface area contributed by atoms with Gasteiger partial charge in [-0.3, -0.25) is 19.4 Å². The van der Waals surface area contributed by atoms with Gasteiger partial charge in [-0.15, -0.1) is 0 Å². The van der Waals surface area contributed by atoms with Crippen LogP contribution in [0.25, 0.3) is 0 Å². The first-order valence-corrected chi connectivity index (χ1v) is 9.08. The summed E-state index contributed by atoms with van der Waals surface area (Å²) in [4.78, 5) is 29.9. The number of hydrogen-bond donors (Lipinski definition) is 1. The molecule has 27 heavy (non-hydrogen) atoms. The maximum atomic E-state index is 12.4. The molecule has 2 rings (SSSR count). The number of nitrogens with one attached hydrogen (secondary N) is 1. The maximum absolute atomic E-state index is 12.4. The van der Waals surface area contributed by atoms with E-state index in [1.807, 2.05) is 0 Å². The Morgan fingerprint density at radius 1 is 1.04 bits per heavy atom. The van der Waals surface area contributed by atoms with Crippen molar-refractivity contribution in [2.24, 2.45) is 0 Å². The van der Waals surface area contributed by atoms with Crippen molar-refractivity contribution in [1.82, 2.24) is 14.7 Å². The largest absolute Gasteiger partial charge is 0.495 e. The molecule has 0 bridgehead atoms. The van der Waals surface area contributed by atoms with E-state index in [1.165, 1.54) is 14.2 Å². The van der Waals surface area contributed by atoms with Gasteiger partial charge in [0.05, 0.1) is 38.0 Å². The van der Waals surface area contributed by atoms with Gasteiger partial charge in [0.2, 0.25) is 11.8 Å². The van der Waals surface area contributed by atoms with Crippen LogP contribution in [0.3, 0.4) is 0 Å². The van der Waals surface area contributed by atoms with Gasteiger partial charge in [0.1, 0.15) is 11.5 Å². The highest BCUT2D eigenvalue weighted by molar-refractivity contribution is 6.32. The standard InChI is InChI=1S/C18H27ClN4O4/c1-21(2)18(25)12-23-7-5-22(6-8-23)11-17(24)20-14-9-13(19)15(26-3)10-16(14)27-4/h9-10H,5-8,11-12H2,1-4H3,(H,20,24). The molecule has 1 saturated heterocycles. The Kier molecular flexibility index (Phi) is 7.70. The van der Waals surface area contributed by atoms with Crippen LogP contribution in [0.4, 0.5) is 5.69 Å². The van der Waals surface area contributed by atoms with Crippen molar-refractivity contribution in [3.63, 3.8) is 0 Å². The van der Waals surface area contributed by atoms with Crippen LogP contribution in [0.5, 0.6) is 11.5 Å². The molecule has 1 N–H and O–H groups in total. The number of likely N-dealkylation sites (N-methyl/N-ethyl adjacent to an activating group) is 1. The summed E-state index contributed by atoms with van der Waals surface area (Å²) in [7, 11) is 6.54. The van der Waals surface area contributed by atoms with E-state index in [0.717, 1.165) is 26.2 Å². The molecule has 0 spiro atoms. The SMILES string of the molecule is COc1cc(OC)c(NC(=O)CN2CCN(CC(=O)N(C)C)CC2)cc1Cl. The molecule has 1 aliphatic heterocycles. The van der Waals surface area contributed by atoms with Crippen molar-refractivity contribution in [3.8, 4) is 11.5 Å². The number of carbonyl (C=O) groups excluding carboxylic acids is 2. The fourth-order valence-electron chi connectivity index (χ4n) is 2.79. The minimum Gasteiger partial charge on any atom is -0.495 e. The molecule has 0 atom stereocenters. The zero-order valence-corrected chi connectivity index (χ0v) is 17.0. The zero-order valence-electron chi connectivity index (χ0n) is 16.2. The second kappa shape index (κ2) is 9.77. The van der Waals surface area contributed by atoms with Crippen LogP contribution >= 0.6 is 11.6 Å². The molecule has 1 heterocycles. The summed E-state index contributed by atoms with van der Waals surface area (Å²) in [6.45, 7) is 3.65. The van der Waals surface area contributed by atoms with Crippen molar-refractivity contribution in [2.45, 2.75) is 0 Å². The van der Waals surface area contributed by atoms with Crippen molar-refractivity contribution < 1.29 is 19.1 Å². The minimum atomic E-state index is -0.146. The molecular weight excluding hydrogens is 372 g/mol. The highest BCUT2D eigenvalue weighted by atomic mass is 35.5. The lowest BCUT2D eigenvalue weighted by atomic mass is 10.2. The van der Waals surface area contributed by atoms with E-state index in [4.69, 9.17) is 21.1 Å². The second-order valence-corrected chi connectivity index (χ2v) is 6.98. The average Bonchev–Trinajstić information content (AvgIpc) is 2.63. The number of nitrogens with zero attached hydrogens (tertiary/aromatic N) is 3. The number of hydrogen-bond acceptors (Lipinski definition) is 6. The lowest BCUT2D eigenvalue weighted by molar-refractivity contribution is -0.130. The summed E-state index contributed by atoms with van der Waals surface area (Å²) in [6, 6.07) is 3.25. The molecule has 150 valence electrons. The van der Waals surface area contributed by atoms with Gasteiger partial charge in [0, 0.05) is 46.3 Å². The third-order valence-electron chi connectivity index (χ3n) is 4.44. The van der Waals surface area contributed by atoms with Crippen LogP contribution in [-0.2, 0) is 9.59 Å². The van der Waals surface area contributed by atoms with E-state index in [9.17, 15) is 9.59 Å². The number of piperazine rings is 1. The molecule has 1 fully saturated rings. The molecular formula is C18H27ClN4O4. The molecule has 1 aliphatic rings. The van der Waals surface area contributed by atoms with Crippen molar-refractivity contribution in [1.29, 1.82) is 0 Å². The lowest BCUT2D eigenvalue weighted by Gasteiger charge is -2.34. The van der Waals surface area contributed by atoms with Gasteiger partial charge >= 0.3 is 0 Å². The summed E-state index contributed by atoms with van der Waals surface area (Å²) in [5.74, 6) is 0.906. The van der Waals surface area contributed by atoms with E-state index in [-0.39, 0.29) is 18.4 Å². The first-order chi connectivity index (χ1) is 12.8. The molecule has 8 nitrogen and oxygen atoms in total. The summed E-state index contributed by atoms with van der Waals surface area (Å²) < 4.78 is 10.5. The number of rotatable bonds is 7. The van der Waals surface area contributed by atoms with Crippen molar-refractivity contribution in [3.05, 3.63) is 17.2 Å². The Bertz CT molecular complexity index is 676. The fourth-order valence-corrected chi connectivity index (χ4v) is 3.03. The third kappa shape index (κ3) is 5.98. The lowest BCUT2D eigenvalue weighted by Crippen LogP contribution is -2.50. The van der Waals surface area contributed by atoms with Crippen LogP contribution in [0.2, 0.25) is 5.02 Å². The summed E-state index contributed by atoms with van der Waals surface area (Å²) in [5, 5.41) is 3.24. The minimum absolute atomic E-state index is 0.0877. The number of carbonyl (C=O) groups is 2. The maximum Gasteiger partial charge on any atom is 0.238 e. The third-order valence-corrected chi connectivity index (χ3v) is 4.73. The van der Waals surface area contributed by atoms with E-state index in [1.54, 1.807) is 31.1 Å². The Labute approximate surface area is 164 Å². The number of benzene rings is 1. The monoisotopic (exact) mass is 398 g/mol. The van der Waals surface area contributed by atoms with Crippen molar-refractivity contribution in [2.75, 3.05) is 72.9 Å². The van der Waals surface area contributed by atoms with Gasteiger partial charge in [-0.2, -0.15) is 0 Å². The van der Waals surface area contributed by atoms with Gasteiger partial charge in [0.25, 0.3) is 0 Å². The summed E-state index contributed by atoms with van der Waals surface area (Å²) >= 11 is 6.13. The van der Waals surface area contributed by atoms with E-state index in [0.29, 0.717) is 28.8 Å². The Morgan fingerprint density at radius 2 is 1.59 bits per heavy atom. The zero-order chi connectivity index (χ0) is 20.0. The van der Waals surface area contributed by atoms with Gasteiger partial charge < -0.3 is 19.7 Å².